The first-order valence-electron chi connectivity index (χ1n) is 8.58. The molecule has 2 aliphatic heterocycles. The zero-order valence-corrected chi connectivity index (χ0v) is 14.9. The Hall–Kier alpha value is -1.30. The van der Waals surface area contributed by atoms with Gasteiger partial charge in [-0.05, 0) is 57.0 Å². The van der Waals surface area contributed by atoms with Crippen LogP contribution in [-0.4, -0.2) is 66.2 Å². The van der Waals surface area contributed by atoms with Gasteiger partial charge in [0.1, 0.15) is 5.75 Å². The summed E-state index contributed by atoms with van der Waals surface area (Å²) in [5.74, 6) is 0.381. The van der Waals surface area contributed by atoms with Crippen LogP contribution in [0.1, 0.15) is 36.0 Å². The average molecular weight is 353 g/mol. The summed E-state index contributed by atoms with van der Waals surface area (Å²) in [6.07, 6.45) is 3.93. The number of hydrogen-bond donors (Lipinski definition) is 1. The van der Waals surface area contributed by atoms with Crippen molar-refractivity contribution in [3.63, 3.8) is 0 Å². The normalized spacial score (nSPS) is 25.0. The summed E-state index contributed by atoms with van der Waals surface area (Å²) in [5.41, 5.74) is -0.375. The molecule has 3 rings (SSSR count). The van der Waals surface area contributed by atoms with Gasteiger partial charge < -0.3 is 19.6 Å². The minimum Gasteiger partial charge on any atom is -0.496 e. The number of aliphatic hydroxyl groups is 1. The molecular formula is C18H25ClN2O3. The highest BCUT2D eigenvalue weighted by atomic mass is 35.5. The Morgan fingerprint density at radius 1 is 1.29 bits per heavy atom. The molecule has 1 aromatic rings. The van der Waals surface area contributed by atoms with E-state index in [4.69, 9.17) is 16.3 Å². The summed E-state index contributed by atoms with van der Waals surface area (Å²) in [4.78, 5) is 16.9. The SMILES string of the molecule is COc1ccc(Cl)cc1C(=O)N1CCC[C@](O)(CN2CCCC2)C1. The summed E-state index contributed by atoms with van der Waals surface area (Å²) in [5, 5.41) is 11.5. The molecule has 0 radical (unpaired) electrons. The van der Waals surface area contributed by atoms with E-state index in [1.807, 2.05) is 0 Å². The van der Waals surface area contributed by atoms with Gasteiger partial charge in [-0.2, -0.15) is 0 Å². The third-order valence-electron chi connectivity index (χ3n) is 4.95. The van der Waals surface area contributed by atoms with Gasteiger partial charge in [-0.15, -0.1) is 0 Å². The van der Waals surface area contributed by atoms with Crippen LogP contribution in [0.2, 0.25) is 5.02 Å². The molecule has 2 saturated heterocycles. The van der Waals surface area contributed by atoms with Crippen molar-refractivity contribution in [2.24, 2.45) is 0 Å². The fraction of sp³-hybridized carbons (Fsp3) is 0.611. The Labute approximate surface area is 148 Å². The van der Waals surface area contributed by atoms with Crippen LogP contribution in [0.5, 0.6) is 5.75 Å². The number of methoxy groups -OCH3 is 1. The molecular weight excluding hydrogens is 328 g/mol. The molecule has 0 aromatic heterocycles. The van der Waals surface area contributed by atoms with E-state index in [2.05, 4.69) is 4.90 Å². The van der Waals surface area contributed by atoms with Gasteiger partial charge in [0.05, 0.1) is 24.8 Å². The van der Waals surface area contributed by atoms with Gasteiger partial charge in [0.25, 0.3) is 5.91 Å². The molecule has 2 fully saturated rings. The van der Waals surface area contributed by atoms with Crippen LogP contribution in [0.15, 0.2) is 18.2 Å². The topological polar surface area (TPSA) is 53.0 Å². The highest BCUT2D eigenvalue weighted by Gasteiger charge is 2.37. The van der Waals surface area contributed by atoms with Crippen molar-refractivity contribution >= 4 is 17.5 Å². The summed E-state index contributed by atoms with van der Waals surface area (Å²) < 4.78 is 5.30. The number of ether oxygens (including phenoxy) is 1. The number of β-amino-alcohol motifs (C(OH)–C–C–N with tert-alkyl or cyclic N) is 1. The minimum atomic E-state index is -0.829. The van der Waals surface area contributed by atoms with E-state index >= 15 is 0 Å². The Bertz CT molecular complexity index is 604. The molecule has 0 aliphatic carbocycles. The summed E-state index contributed by atoms with van der Waals surface area (Å²) in [6.45, 7) is 3.73. The number of benzene rings is 1. The molecule has 0 bridgehead atoms. The van der Waals surface area contributed by atoms with E-state index in [1.54, 1.807) is 30.2 Å². The lowest BCUT2D eigenvalue weighted by Crippen LogP contribution is -2.55. The first-order valence-corrected chi connectivity index (χ1v) is 8.96. The van der Waals surface area contributed by atoms with Crippen molar-refractivity contribution in [3.05, 3.63) is 28.8 Å². The van der Waals surface area contributed by atoms with Crippen molar-refractivity contribution in [3.8, 4) is 5.75 Å². The number of likely N-dealkylation sites (tertiary alicyclic amines) is 2. The molecule has 5 nitrogen and oxygen atoms in total. The Balaban J connectivity index is 1.74. The van der Waals surface area contributed by atoms with Crippen molar-refractivity contribution in [1.29, 1.82) is 0 Å². The number of piperidine rings is 1. The first-order chi connectivity index (χ1) is 11.5. The van der Waals surface area contributed by atoms with E-state index in [-0.39, 0.29) is 5.91 Å². The Morgan fingerprint density at radius 3 is 2.75 bits per heavy atom. The molecule has 1 amide bonds. The van der Waals surface area contributed by atoms with Crippen molar-refractivity contribution in [2.75, 3.05) is 39.8 Å². The van der Waals surface area contributed by atoms with Crippen LogP contribution in [0.25, 0.3) is 0 Å². The van der Waals surface area contributed by atoms with Gasteiger partial charge in [0.2, 0.25) is 0 Å². The second-order valence-corrected chi connectivity index (χ2v) is 7.32. The highest BCUT2D eigenvalue weighted by Crippen LogP contribution is 2.28. The number of nitrogens with zero attached hydrogens (tertiary/aromatic N) is 2. The molecule has 1 aromatic carbocycles. The molecule has 0 unspecified atom stereocenters. The van der Waals surface area contributed by atoms with Crippen LogP contribution in [-0.2, 0) is 0 Å². The van der Waals surface area contributed by atoms with Gasteiger partial charge in [-0.1, -0.05) is 11.6 Å². The van der Waals surface area contributed by atoms with E-state index in [0.29, 0.717) is 36.0 Å². The largest absolute Gasteiger partial charge is 0.496 e. The molecule has 0 spiro atoms. The third kappa shape index (κ3) is 3.85. The van der Waals surface area contributed by atoms with E-state index in [0.717, 1.165) is 25.9 Å². The number of carbonyl (C=O) groups excluding carboxylic acids is 1. The van der Waals surface area contributed by atoms with Crippen molar-refractivity contribution in [2.45, 2.75) is 31.3 Å². The zero-order chi connectivity index (χ0) is 17.2. The molecule has 0 saturated carbocycles. The molecule has 1 atom stereocenters. The standard InChI is InChI=1S/C18H25ClN2O3/c1-24-16-6-5-14(19)11-15(16)17(22)21-10-4-7-18(23,13-21)12-20-8-2-3-9-20/h5-6,11,23H,2-4,7-10,12-13H2,1H3/t18-/m0/s1. The maximum absolute atomic E-state index is 12.9. The maximum Gasteiger partial charge on any atom is 0.257 e. The number of carbonyl (C=O) groups is 1. The molecule has 132 valence electrons. The number of amides is 1. The highest BCUT2D eigenvalue weighted by molar-refractivity contribution is 6.31. The molecule has 1 N–H and O–H groups in total. The summed E-state index contributed by atoms with van der Waals surface area (Å²) in [6, 6.07) is 5.05. The number of hydrogen-bond acceptors (Lipinski definition) is 4. The van der Waals surface area contributed by atoms with E-state index in [1.165, 1.54) is 12.8 Å². The second-order valence-electron chi connectivity index (χ2n) is 6.88. The van der Waals surface area contributed by atoms with Crippen LogP contribution in [0, 0.1) is 0 Å². The predicted molar refractivity (Wildman–Crippen MR) is 93.8 cm³/mol. The van der Waals surface area contributed by atoms with Gasteiger partial charge in [-0.25, -0.2) is 0 Å². The second kappa shape index (κ2) is 7.30. The average Bonchev–Trinajstić information content (AvgIpc) is 3.06. The van der Waals surface area contributed by atoms with E-state index in [9.17, 15) is 9.90 Å². The van der Waals surface area contributed by atoms with Crippen LogP contribution in [0.3, 0.4) is 0 Å². The van der Waals surface area contributed by atoms with Gasteiger partial charge in [0, 0.05) is 18.1 Å². The zero-order valence-electron chi connectivity index (χ0n) is 14.1. The van der Waals surface area contributed by atoms with Gasteiger partial charge in [-0.3, -0.25) is 4.79 Å². The van der Waals surface area contributed by atoms with Crippen LogP contribution in [0.4, 0.5) is 0 Å². The molecule has 2 aliphatic rings. The third-order valence-corrected chi connectivity index (χ3v) is 5.19. The van der Waals surface area contributed by atoms with Crippen LogP contribution >= 0.6 is 11.6 Å². The summed E-state index contributed by atoms with van der Waals surface area (Å²) in [7, 11) is 1.54. The smallest absolute Gasteiger partial charge is 0.257 e. The molecule has 2 heterocycles. The number of rotatable bonds is 4. The molecule has 6 heteroatoms. The monoisotopic (exact) mass is 352 g/mol. The maximum atomic E-state index is 12.9. The van der Waals surface area contributed by atoms with E-state index < -0.39 is 5.60 Å². The lowest BCUT2D eigenvalue weighted by Gasteiger charge is -2.41. The van der Waals surface area contributed by atoms with Crippen molar-refractivity contribution < 1.29 is 14.6 Å². The van der Waals surface area contributed by atoms with Gasteiger partial charge >= 0.3 is 0 Å². The van der Waals surface area contributed by atoms with Crippen LogP contribution < -0.4 is 4.74 Å². The quantitative estimate of drug-likeness (QED) is 0.904. The summed E-state index contributed by atoms with van der Waals surface area (Å²) >= 11 is 6.04. The lowest BCUT2D eigenvalue weighted by atomic mass is 9.91. The Kier molecular flexibility index (Phi) is 5.33. The minimum absolute atomic E-state index is 0.131. The van der Waals surface area contributed by atoms with Crippen molar-refractivity contribution in [1.82, 2.24) is 9.80 Å². The van der Waals surface area contributed by atoms with Gasteiger partial charge in [0.15, 0.2) is 0 Å². The molecule has 24 heavy (non-hydrogen) atoms. The fourth-order valence-corrected chi connectivity index (χ4v) is 3.96. The predicted octanol–water partition coefficient (Wildman–Crippen LogP) is 2.41. The number of halogens is 1. The fourth-order valence-electron chi connectivity index (χ4n) is 3.79. The lowest BCUT2D eigenvalue weighted by molar-refractivity contribution is -0.0431. The Morgan fingerprint density at radius 2 is 2.04 bits per heavy atom. The first kappa shape index (κ1) is 17.5.